The number of hydrogen-bond acceptors (Lipinski definition) is 4. The van der Waals surface area contributed by atoms with Crippen molar-refractivity contribution in [2.45, 2.75) is 26.3 Å². The molecule has 0 radical (unpaired) electrons. The molecule has 0 unspecified atom stereocenters. The normalized spacial score (nSPS) is 10.8. The summed E-state index contributed by atoms with van der Waals surface area (Å²) in [6, 6.07) is 5.12. The van der Waals surface area contributed by atoms with Crippen molar-refractivity contribution in [3.63, 3.8) is 0 Å². The van der Waals surface area contributed by atoms with Crippen molar-refractivity contribution in [1.29, 1.82) is 0 Å². The minimum atomic E-state index is -0.533. The van der Waals surface area contributed by atoms with Gasteiger partial charge >= 0.3 is 0 Å². The van der Waals surface area contributed by atoms with Crippen molar-refractivity contribution in [2.24, 2.45) is 5.73 Å². The lowest BCUT2D eigenvalue weighted by Gasteiger charge is -2.07. The number of halogens is 1. The van der Waals surface area contributed by atoms with Gasteiger partial charge in [-0.2, -0.15) is 0 Å². The quantitative estimate of drug-likeness (QED) is 0.886. The summed E-state index contributed by atoms with van der Waals surface area (Å²) in [4.78, 5) is 15.8. The molecule has 2 rings (SSSR count). The Labute approximate surface area is 127 Å². The summed E-state index contributed by atoms with van der Waals surface area (Å²) in [5.41, 5.74) is 7.36. The van der Waals surface area contributed by atoms with Crippen LogP contribution in [0.3, 0.4) is 0 Å². The van der Waals surface area contributed by atoms with E-state index in [1.165, 1.54) is 0 Å². The third kappa shape index (κ3) is 3.49. The zero-order valence-electron chi connectivity index (χ0n) is 11.3. The van der Waals surface area contributed by atoms with Gasteiger partial charge in [0.05, 0.1) is 27.8 Å². The average Bonchev–Trinajstić information content (AvgIpc) is 2.86. The molecule has 0 bridgehead atoms. The molecule has 0 atom stereocenters. The third-order valence-electron chi connectivity index (χ3n) is 2.77. The molecular formula is C14H16ClN3OS. The zero-order valence-corrected chi connectivity index (χ0v) is 12.9. The van der Waals surface area contributed by atoms with Crippen LogP contribution in [0.25, 0.3) is 0 Å². The smallest absolute Gasteiger partial charge is 0.250 e. The number of aromatic nitrogens is 1. The molecule has 4 nitrogen and oxygen atoms in total. The molecule has 0 spiro atoms. The van der Waals surface area contributed by atoms with E-state index in [-0.39, 0.29) is 0 Å². The van der Waals surface area contributed by atoms with Gasteiger partial charge in [-0.05, 0) is 18.2 Å². The molecule has 0 aliphatic heterocycles. The molecule has 1 heterocycles. The number of nitrogens with two attached hydrogens (primary N) is 1. The van der Waals surface area contributed by atoms with E-state index in [4.69, 9.17) is 17.3 Å². The number of anilines is 1. The highest BCUT2D eigenvalue weighted by Gasteiger charge is 2.09. The first-order chi connectivity index (χ1) is 9.47. The monoisotopic (exact) mass is 309 g/mol. The summed E-state index contributed by atoms with van der Waals surface area (Å²) in [6.45, 7) is 4.84. The fourth-order valence-corrected chi connectivity index (χ4v) is 2.73. The number of rotatable bonds is 5. The minimum Gasteiger partial charge on any atom is -0.379 e. The summed E-state index contributed by atoms with van der Waals surface area (Å²) in [5.74, 6) is -0.0971. The molecule has 106 valence electrons. The molecule has 1 amide bonds. The highest BCUT2D eigenvalue weighted by molar-refractivity contribution is 7.09. The van der Waals surface area contributed by atoms with Gasteiger partial charge in [0.1, 0.15) is 0 Å². The van der Waals surface area contributed by atoms with Crippen molar-refractivity contribution in [3.05, 3.63) is 44.9 Å². The Kier molecular flexibility index (Phi) is 4.62. The van der Waals surface area contributed by atoms with Gasteiger partial charge in [-0.3, -0.25) is 4.79 Å². The van der Waals surface area contributed by atoms with Crippen LogP contribution in [0.4, 0.5) is 5.69 Å². The molecule has 0 saturated carbocycles. The van der Waals surface area contributed by atoms with E-state index >= 15 is 0 Å². The van der Waals surface area contributed by atoms with Gasteiger partial charge in [-0.15, -0.1) is 11.3 Å². The molecule has 1 aromatic carbocycles. The highest BCUT2D eigenvalue weighted by Crippen LogP contribution is 2.22. The van der Waals surface area contributed by atoms with Gasteiger partial charge in [-0.25, -0.2) is 4.98 Å². The van der Waals surface area contributed by atoms with Gasteiger partial charge in [0, 0.05) is 17.0 Å². The Hall–Kier alpha value is -1.59. The number of nitrogens with zero attached hydrogens (tertiary/aromatic N) is 1. The highest BCUT2D eigenvalue weighted by atomic mass is 35.5. The van der Waals surface area contributed by atoms with Crippen LogP contribution in [-0.2, 0) is 6.54 Å². The number of hydrogen-bond donors (Lipinski definition) is 2. The van der Waals surface area contributed by atoms with Crippen LogP contribution in [0.2, 0.25) is 5.02 Å². The SMILES string of the molecule is CC(C)c1nc(CNc2ccc(Cl)c(C(N)=O)c2)cs1. The third-order valence-corrected chi connectivity index (χ3v) is 4.29. The van der Waals surface area contributed by atoms with Gasteiger partial charge < -0.3 is 11.1 Å². The molecule has 0 aliphatic rings. The van der Waals surface area contributed by atoms with Crippen LogP contribution in [-0.4, -0.2) is 10.9 Å². The van der Waals surface area contributed by atoms with Gasteiger partial charge in [0.25, 0.3) is 0 Å². The topological polar surface area (TPSA) is 68.0 Å². The maximum Gasteiger partial charge on any atom is 0.250 e. The zero-order chi connectivity index (χ0) is 14.7. The van der Waals surface area contributed by atoms with Crippen LogP contribution in [0.1, 0.15) is 40.8 Å². The van der Waals surface area contributed by atoms with E-state index in [1.807, 2.05) is 11.4 Å². The van der Waals surface area contributed by atoms with Crippen LogP contribution < -0.4 is 11.1 Å². The lowest BCUT2D eigenvalue weighted by Crippen LogP contribution is -2.12. The van der Waals surface area contributed by atoms with E-state index in [9.17, 15) is 4.79 Å². The summed E-state index contributed by atoms with van der Waals surface area (Å²) < 4.78 is 0. The number of thiazole rings is 1. The van der Waals surface area contributed by atoms with Gasteiger partial charge in [0.2, 0.25) is 5.91 Å². The summed E-state index contributed by atoms with van der Waals surface area (Å²) >= 11 is 7.56. The van der Waals surface area contributed by atoms with E-state index in [2.05, 4.69) is 24.1 Å². The Balaban J connectivity index is 2.06. The van der Waals surface area contributed by atoms with Crippen molar-refractivity contribution in [2.75, 3.05) is 5.32 Å². The summed E-state index contributed by atoms with van der Waals surface area (Å²) in [7, 11) is 0. The molecule has 0 aliphatic carbocycles. The molecule has 0 saturated heterocycles. The second kappa shape index (κ2) is 6.24. The number of benzene rings is 1. The van der Waals surface area contributed by atoms with E-state index in [1.54, 1.807) is 23.5 Å². The van der Waals surface area contributed by atoms with Crippen molar-refractivity contribution in [3.8, 4) is 0 Å². The Morgan fingerprint density at radius 2 is 2.25 bits per heavy atom. The van der Waals surface area contributed by atoms with E-state index in [0.29, 0.717) is 23.0 Å². The molecule has 6 heteroatoms. The first-order valence-electron chi connectivity index (χ1n) is 6.25. The molecule has 0 fully saturated rings. The molecule has 3 N–H and O–H groups in total. The second-order valence-electron chi connectivity index (χ2n) is 4.74. The van der Waals surface area contributed by atoms with Crippen LogP contribution in [0.15, 0.2) is 23.6 Å². The largest absolute Gasteiger partial charge is 0.379 e. The molecular weight excluding hydrogens is 294 g/mol. The van der Waals surface area contributed by atoms with E-state index < -0.39 is 5.91 Å². The van der Waals surface area contributed by atoms with Crippen LogP contribution >= 0.6 is 22.9 Å². The van der Waals surface area contributed by atoms with Crippen molar-refractivity contribution in [1.82, 2.24) is 4.98 Å². The fraction of sp³-hybridized carbons (Fsp3) is 0.286. The molecule has 1 aromatic heterocycles. The standard InChI is InChI=1S/C14H16ClN3OS/c1-8(2)14-18-10(7-20-14)6-17-9-3-4-12(15)11(5-9)13(16)19/h3-5,7-8,17H,6H2,1-2H3,(H2,16,19). The minimum absolute atomic E-state index is 0.317. The number of carbonyl (C=O) groups excluding carboxylic acids is 1. The Bertz CT molecular complexity index is 625. The first kappa shape index (κ1) is 14.8. The number of nitrogens with one attached hydrogen (secondary N) is 1. The fourth-order valence-electron chi connectivity index (χ4n) is 1.69. The maximum absolute atomic E-state index is 11.2. The number of amides is 1. The van der Waals surface area contributed by atoms with Gasteiger partial charge in [-0.1, -0.05) is 25.4 Å². The molecule has 20 heavy (non-hydrogen) atoms. The number of primary amides is 1. The lowest BCUT2D eigenvalue weighted by atomic mass is 10.2. The first-order valence-corrected chi connectivity index (χ1v) is 7.50. The van der Waals surface area contributed by atoms with Crippen LogP contribution in [0.5, 0.6) is 0 Å². The Morgan fingerprint density at radius 1 is 1.50 bits per heavy atom. The second-order valence-corrected chi connectivity index (χ2v) is 6.04. The predicted octanol–water partition coefficient (Wildman–Crippen LogP) is 3.63. The van der Waals surface area contributed by atoms with Crippen molar-refractivity contribution >= 4 is 34.5 Å². The predicted molar refractivity (Wildman–Crippen MR) is 83.5 cm³/mol. The van der Waals surface area contributed by atoms with E-state index in [0.717, 1.165) is 16.4 Å². The summed E-state index contributed by atoms with van der Waals surface area (Å²) in [6.07, 6.45) is 0. The maximum atomic E-state index is 11.2. The van der Waals surface area contributed by atoms with Crippen molar-refractivity contribution < 1.29 is 4.79 Å². The van der Waals surface area contributed by atoms with Gasteiger partial charge in [0.15, 0.2) is 0 Å². The average molecular weight is 310 g/mol. The van der Waals surface area contributed by atoms with Crippen LogP contribution in [0, 0.1) is 0 Å². The molecule has 2 aromatic rings. The Morgan fingerprint density at radius 3 is 2.85 bits per heavy atom. The summed E-state index contributed by atoms with van der Waals surface area (Å²) in [5, 5.41) is 6.73. The lowest BCUT2D eigenvalue weighted by molar-refractivity contribution is 0.100. The number of carbonyl (C=O) groups is 1.